The van der Waals surface area contributed by atoms with Crippen molar-refractivity contribution in [3.05, 3.63) is 35.4 Å². The first kappa shape index (κ1) is 16.5. The van der Waals surface area contributed by atoms with Gasteiger partial charge in [0, 0.05) is 32.0 Å². The van der Waals surface area contributed by atoms with E-state index in [0.29, 0.717) is 26.1 Å². The van der Waals surface area contributed by atoms with E-state index in [-0.39, 0.29) is 17.7 Å². The smallest absolute Gasteiger partial charge is 0.243 e. The second-order valence-electron chi connectivity index (χ2n) is 5.84. The molecular formula is C17H25N3O2. The Morgan fingerprint density at radius 3 is 2.68 bits per heavy atom. The van der Waals surface area contributed by atoms with Gasteiger partial charge in [0.15, 0.2) is 0 Å². The normalized spacial score (nSPS) is 18.5. The molecule has 5 nitrogen and oxygen atoms in total. The lowest BCUT2D eigenvalue weighted by Gasteiger charge is -2.37. The van der Waals surface area contributed by atoms with Crippen LogP contribution in [0.15, 0.2) is 24.3 Å². The number of hydrogen-bond acceptors (Lipinski definition) is 3. The van der Waals surface area contributed by atoms with Gasteiger partial charge in [0.25, 0.3) is 0 Å². The van der Waals surface area contributed by atoms with E-state index in [0.717, 1.165) is 17.5 Å². The summed E-state index contributed by atoms with van der Waals surface area (Å²) < 4.78 is 0. The molecule has 1 aliphatic heterocycles. The van der Waals surface area contributed by atoms with Crippen molar-refractivity contribution in [2.75, 3.05) is 13.1 Å². The lowest BCUT2D eigenvalue weighted by molar-refractivity contribution is -0.144. The molecule has 2 rings (SSSR count). The highest BCUT2D eigenvalue weighted by molar-refractivity contribution is 5.89. The number of carbonyl (C=O) groups excluding carboxylic acids is 2. The third-order valence-electron chi connectivity index (χ3n) is 4.31. The van der Waals surface area contributed by atoms with E-state index >= 15 is 0 Å². The maximum atomic E-state index is 12.6. The molecule has 0 bridgehead atoms. The monoisotopic (exact) mass is 303 g/mol. The highest BCUT2D eigenvalue weighted by Gasteiger charge is 2.35. The van der Waals surface area contributed by atoms with E-state index in [2.05, 4.69) is 5.32 Å². The lowest BCUT2D eigenvalue weighted by atomic mass is 9.92. The van der Waals surface area contributed by atoms with E-state index in [9.17, 15) is 9.59 Å². The van der Waals surface area contributed by atoms with Crippen LogP contribution in [-0.2, 0) is 22.6 Å². The summed E-state index contributed by atoms with van der Waals surface area (Å²) in [5.74, 6) is -0.142. The quantitative estimate of drug-likeness (QED) is 0.854. The van der Waals surface area contributed by atoms with Gasteiger partial charge in [-0.3, -0.25) is 9.59 Å². The summed E-state index contributed by atoms with van der Waals surface area (Å²) >= 11 is 0. The molecule has 1 aromatic rings. The predicted octanol–water partition coefficient (Wildman–Crippen LogP) is 1.06. The zero-order valence-corrected chi connectivity index (χ0v) is 13.3. The molecule has 0 aliphatic carbocycles. The van der Waals surface area contributed by atoms with Gasteiger partial charge in [-0.2, -0.15) is 0 Å². The summed E-state index contributed by atoms with van der Waals surface area (Å²) in [6, 6.07) is 7.56. The SMILES string of the molecule is CCC(C)C(=O)N1Cc2ccccc2CC1C(=O)NCCN. The number of benzene rings is 1. The van der Waals surface area contributed by atoms with Crippen LogP contribution in [0, 0.1) is 5.92 Å². The molecule has 0 aromatic heterocycles. The number of nitrogens with two attached hydrogens (primary N) is 1. The largest absolute Gasteiger partial charge is 0.353 e. The molecule has 2 unspecified atom stereocenters. The zero-order valence-electron chi connectivity index (χ0n) is 13.3. The van der Waals surface area contributed by atoms with Crippen LogP contribution in [0.5, 0.6) is 0 Å². The predicted molar refractivity (Wildman–Crippen MR) is 86.0 cm³/mol. The Hall–Kier alpha value is -1.88. The molecule has 0 radical (unpaired) electrons. The molecule has 2 atom stereocenters. The van der Waals surface area contributed by atoms with Gasteiger partial charge in [0.05, 0.1) is 0 Å². The number of nitrogens with one attached hydrogen (secondary N) is 1. The molecule has 1 aliphatic rings. The standard InChI is InChI=1S/C17H25N3O2/c1-3-12(2)17(22)20-11-14-7-5-4-6-13(14)10-15(20)16(21)19-9-8-18/h4-7,12,15H,3,8-11,18H2,1-2H3,(H,19,21). The Morgan fingerprint density at radius 1 is 1.36 bits per heavy atom. The van der Waals surface area contributed by atoms with Gasteiger partial charge in [-0.1, -0.05) is 38.1 Å². The molecule has 0 saturated heterocycles. The summed E-state index contributed by atoms with van der Waals surface area (Å²) in [5, 5.41) is 2.82. The first-order valence-corrected chi connectivity index (χ1v) is 7.93. The Balaban J connectivity index is 2.26. The molecule has 120 valence electrons. The van der Waals surface area contributed by atoms with Gasteiger partial charge >= 0.3 is 0 Å². The summed E-state index contributed by atoms with van der Waals surface area (Å²) in [5.41, 5.74) is 7.72. The van der Waals surface area contributed by atoms with Crippen molar-refractivity contribution < 1.29 is 9.59 Å². The molecule has 3 N–H and O–H groups in total. The van der Waals surface area contributed by atoms with Crippen molar-refractivity contribution in [1.82, 2.24) is 10.2 Å². The van der Waals surface area contributed by atoms with Crippen molar-refractivity contribution in [2.45, 2.75) is 39.3 Å². The number of rotatable bonds is 5. The first-order chi connectivity index (χ1) is 10.6. The van der Waals surface area contributed by atoms with Gasteiger partial charge in [0.2, 0.25) is 11.8 Å². The summed E-state index contributed by atoms with van der Waals surface area (Å²) in [6.45, 7) is 5.23. The molecule has 2 amide bonds. The maximum Gasteiger partial charge on any atom is 0.243 e. The Kier molecular flexibility index (Phi) is 5.55. The minimum Gasteiger partial charge on any atom is -0.353 e. The highest BCUT2D eigenvalue weighted by Crippen LogP contribution is 2.25. The topological polar surface area (TPSA) is 75.4 Å². The summed E-state index contributed by atoms with van der Waals surface area (Å²) in [7, 11) is 0. The second-order valence-corrected chi connectivity index (χ2v) is 5.84. The lowest BCUT2D eigenvalue weighted by Crippen LogP contribution is -2.54. The molecule has 0 spiro atoms. The third kappa shape index (κ3) is 3.47. The molecule has 0 fully saturated rings. The van der Waals surface area contributed by atoms with Gasteiger partial charge in [-0.25, -0.2) is 0 Å². The average molecular weight is 303 g/mol. The third-order valence-corrected chi connectivity index (χ3v) is 4.31. The van der Waals surface area contributed by atoms with Crippen LogP contribution in [0.2, 0.25) is 0 Å². The fourth-order valence-electron chi connectivity index (χ4n) is 2.76. The summed E-state index contributed by atoms with van der Waals surface area (Å²) in [4.78, 5) is 26.8. The Labute approximate surface area is 131 Å². The van der Waals surface area contributed by atoms with Crippen LogP contribution in [0.4, 0.5) is 0 Å². The van der Waals surface area contributed by atoms with Crippen molar-refractivity contribution in [2.24, 2.45) is 11.7 Å². The van der Waals surface area contributed by atoms with Crippen LogP contribution in [0.3, 0.4) is 0 Å². The average Bonchev–Trinajstić information content (AvgIpc) is 2.56. The summed E-state index contributed by atoms with van der Waals surface area (Å²) in [6.07, 6.45) is 1.34. The van der Waals surface area contributed by atoms with E-state index < -0.39 is 6.04 Å². The van der Waals surface area contributed by atoms with E-state index in [1.54, 1.807) is 4.90 Å². The minimum absolute atomic E-state index is 0.0462. The zero-order chi connectivity index (χ0) is 16.1. The Morgan fingerprint density at radius 2 is 2.05 bits per heavy atom. The number of carbonyl (C=O) groups is 2. The minimum atomic E-state index is -0.442. The molecule has 22 heavy (non-hydrogen) atoms. The van der Waals surface area contributed by atoms with Crippen molar-refractivity contribution in [3.63, 3.8) is 0 Å². The van der Waals surface area contributed by atoms with E-state index in [1.807, 2.05) is 38.1 Å². The van der Waals surface area contributed by atoms with Crippen LogP contribution in [-0.4, -0.2) is 35.8 Å². The number of hydrogen-bond donors (Lipinski definition) is 2. The highest BCUT2D eigenvalue weighted by atomic mass is 16.2. The molecule has 0 saturated carbocycles. The fraction of sp³-hybridized carbons (Fsp3) is 0.529. The van der Waals surface area contributed by atoms with Gasteiger partial charge in [-0.15, -0.1) is 0 Å². The van der Waals surface area contributed by atoms with Crippen LogP contribution >= 0.6 is 0 Å². The number of amides is 2. The second kappa shape index (κ2) is 7.40. The van der Waals surface area contributed by atoms with E-state index in [1.165, 1.54) is 0 Å². The van der Waals surface area contributed by atoms with Crippen LogP contribution in [0.1, 0.15) is 31.4 Å². The first-order valence-electron chi connectivity index (χ1n) is 7.93. The van der Waals surface area contributed by atoms with Gasteiger partial charge in [0.1, 0.15) is 6.04 Å². The fourth-order valence-corrected chi connectivity index (χ4v) is 2.76. The van der Waals surface area contributed by atoms with Crippen molar-refractivity contribution in [3.8, 4) is 0 Å². The molecule has 1 aromatic carbocycles. The van der Waals surface area contributed by atoms with Gasteiger partial charge < -0.3 is 16.0 Å². The van der Waals surface area contributed by atoms with Gasteiger partial charge in [-0.05, 0) is 17.5 Å². The Bertz CT molecular complexity index is 544. The molecule has 1 heterocycles. The van der Waals surface area contributed by atoms with Crippen LogP contribution in [0.25, 0.3) is 0 Å². The molecule has 5 heteroatoms. The molecular weight excluding hydrogens is 278 g/mol. The van der Waals surface area contributed by atoms with Crippen molar-refractivity contribution in [1.29, 1.82) is 0 Å². The number of fused-ring (bicyclic) bond motifs is 1. The number of nitrogens with zero attached hydrogens (tertiary/aromatic N) is 1. The maximum absolute atomic E-state index is 12.6. The van der Waals surface area contributed by atoms with E-state index in [4.69, 9.17) is 5.73 Å². The van der Waals surface area contributed by atoms with Crippen LogP contribution < -0.4 is 11.1 Å². The van der Waals surface area contributed by atoms with Crippen molar-refractivity contribution >= 4 is 11.8 Å².